The van der Waals surface area contributed by atoms with Crippen LogP contribution in [-0.2, 0) is 4.79 Å². The lowest BCUT2D eigenvalue weighted by Crippen LogP contribution is -2.30. The van der Waals surface area contributed by atoms with E-state index in [4.69, 9.17) is 0 Å². The quantitative estimate of drug-likeness (QED) is 0.819. The number of nitrogens with one attached hydrogen (secondary N) is 1. The van der Waals surface area contributed by atoms with Gasteiger partial charge in [-0.3, -0.25) is 4.79 Å². The maximum Gasteiger partial charge on any atom is 0.573 e. The molecular formula is C14H17F4NO2. The molecule has 0 aliphatic rings. The van der Waals surface area contributed by atoms with Gasteiger partial charge in [-0.1, -0.05) is 19.9 Å². The van der Waals surface area contributed by atoms with Crippen LogP contribution >= 0.6 is 0 Å². The number of carbonyl (C=O) groups excluding carboxylic acids is 1. The Morgan fingerprint density at radius 3 is 2.43 bits per heavy atom. The summed E-state index contributed by atoms with van der Waals surface area (Å²) in [5.41, 5.74) is 0.274. The topological polar surface area (TPSA) is 38.3 Å². The van der Waals surface area contributed by atoms with Crippen LogP contribution in [0.15, 0.2) is 18.2 Å². The molecule has 0 heterocycles. The largest absolute Gasteiger partial charge is 0.573 e. The number of benzene rings is 1. The average molecular weight is 307 g/mol. The molecule has 0 amide bonds. The second kappa shape index (κ2) is 6.89. The molecule has 1 N–H and O–H groups in total. The van der Waals surface area contributed by atoms with Crippen molar-refractivity contribution in [1.29, 1.82) is 0 Å². The predicted molar refractivity (Wildman–Crippen MR) is 69.6 cm³/mol. The van der Waals surface area contributed by atoms with E-state index < -0.39 is 23.8 Å². The molecule has 7 heteroatoms. The Balaban J connectivity index is 3.04. The summed E-state index contributed by atoms with van der Waals surface area (Å²) in [6.07, 6.45) is -4.98. The van der Waals surface area contributed by atoms with Gasteiger partial charge >= 0.3 is 6.36 Å². The molecule has 0 aliphatic carbocycles. The number of hydrogen-bond donors (Lipinski definition) is 1. The molecule has 0 aliphatic heterocycles. The van der Waals surface area contributed by atoms with Gasteiger partial charge in [-0.2, -0.15) is 0 Å². The lowest BCUT2D eigenvalue weighted by atomic mass is 9.95. The first kappa shape index (κ1) is 17.4. The number of halogens is 4. The molecule has 1 aromatic rings. The minimum absolute atomic E-state index is 0.109. The SMILES string of the molecule is CC(=O)C(CNC(C)C)c1ccc(F)c(OC(F)(F)F)c1. The van der Waals surface area contributed by atoms with Crippen LogP contribution in [0, 0.1) is 5.82 Å². The van der Waals surface area contributed by atoms with Gasteiger partial charge in [0.05, 0.1) is 5.92 Å². The smallest absolute Gasteiger partial charge is 0.403 e. The fourth-order valence-corrected chi connectivity index (χ4v) is 1.79. The normalized spacial score (nSPS) is 13.3. The zero-order valence-corrected chi connectivity index (χ0v) is 11.9. The maximum atomic E-state index is 13.4. The van der Waals surface area contributed by atoms with Gasteiger partial charge in [0, 0.05) is 12.6 Å². The Kier molecular flexibility index (Phi) is 5.71. The van der Waals surface area contributed by atoms with Crippen molar-refractivity contribution < 1.29 is 27.1 Å². The van der Waals surface area contributed by atoms with Crippen LogP contribution in [0.5, 0.6) is 5.75 Å². The summed E-state index contributed by atoms with van der Waals surface area (Å²) < 4.78 is 53.6. The molecule has 3 nitrogen and oxygen atoms in total. The molecule has 21 heavy (non-hydrogen) atoms. The van der Waals surface area contributed by atoms with E-state index in [1.807, 2.05) is 13.8 Å². The number of Topliss-reactive ketones (excluding diaryl/α,β-unsaturated/α-hetero) is 1. The van der Waals surface area contributed by atoms with E-state index in [-0.39, 0.29) is 23.9 Å². The van der Waals surface area contributed by atoms with Crippen molar-refractivity contribution in [2.45, 2.75) is 39.1 Å². The third-order valence-electron chi connectivity index (χ3n) is 2.80. The number of ketones is 1. The molecular weight excluding hydrogens is 290 g/mol. The molecule has 1 atom stereocenters. The number of ether oxygens (including phenoxy) is 1. The highest BCUT2D eigenvalue weighted by Gasteiger charge is 2.33. The highest BCUT2D eigenvalue weighted by Crippen LogP contribution is 2.29. The van der Waals surface area contributed by atoms with Gasteiger partial charge in [-0.15, -0.1) is 13.2 Å². The molecule has 0 fully saturated rings. The van der Waals surface area contributed by atoms with Gasteiger partial charge in [0.1, 0.15) is 5.78 Å². The summed E-state index contributed by atoms with van der Waals surface area (Å²) in [6, 6.07) is 3.17. The number of hydrogen-bond acceptors (Lipinski definition) is 3. The van der Waals surface area contributed by atoms with E-state index in [1.165, 1.54) is 13.0 Å². The third-order valence-corrected chi connectivity index (χ3v) is 2.80. The monoisotopic (exact) mass is 307 g/mol. The van der Waals surface area contributed by atoms with E-state index in [1.54, 1.807) is 0 Å². The van der Waals surface area contributed by atoms with Crippen LogP contribution in [0.1, 0.15) is 32.3 Å². The average Bonchev–Trinajstić information content (AvgIpc) is 2.30. The summed E-state index contributed by atoms with van der Waals surface area (Å²) in [6.45, 7) is 5.34. The van der Waals surface area contributed by atoms with Crippen molar-refractivity contribution in [2.24, 2.45) is 0 Å². The molecule has 0 saturated carbocycles. The van der Waals surface area contributed by atoms with Crippen molar-refractivity contribution in [3.8, 4) is 5.75 Å². The van der Waals surface area contributed by atoms with Gasteiger partial charge in [0.2, 0.25) is 0 Å². The molecule has 0 bridgehead atoms. The molecule has 0 saturated heterocycles. The maximum absolute atomic E-state index is 13.4. The van der Waals surface area contributed by atoms with Crippen LogP contribution in [0.25, 0.3) is 0 Å². The Hall–Kier alpha value is -1.63. The van der Waals surface area contributed by atoms with E-state index in [0.717, 1.165) is 12.1 Å². The molecule has 0 radical (unpaired) electrons. The summed E-state index contributed by atoms with van der Waals surface area (Å²) >= 11 is 0. The van der Waals surface area contributed by atoms with Gasteiger partial charge in [-0.25, -0.2) is 4.39 Å². The van der Waals surface area contributed by atoms with Crippen LogP contribution in [0.3, 0.4) is 0 Å². The van der Waals surface area contributed by atoms with Crippen molar-refractivity contribution in [1.82, 2.24) is 5.32 Å². The molecule has 1 aromatic carbocycles. The summed E-state index contributed by atoms with van der Waals surface area (Å²) in [5.74, 6) is -2.96. The third kappa shape index (κ3) is 5.71. The van der Waals surface area contributed by atoms with Crippen molar-refractivity contribution in [2.75, 3.05) is 6.54 Å². The zero-order chi connectivity index (χ0) is 16.2. The Bertz CT molecular complexity index is 500. The Morgan fingerprint density at radius 1 is 1.33 bits per heavy atom. The van der Waals surface area contributed by atoms with E-state index in [9.17, 15) is 22.4 Å². The van der Waals surface area contributed by atoms with Crippen LogP contribution < -0.4 is 10.1 Å². The first-order valence-corrected chi connectivity index (χ1v) is 6.39. The fourth-order valence-electron chi connectivity index (χ4n) is 1.79. The highest BCUT2D eigenvalue weighted by atomic mass is 19.4. The first-order chi connectivity index (χ1) is 9.60. The minimum atomic E-state index is -4.98. The number of carbonyl (C=O) groups is 1. The van der Waals surface area contributed by atoms with Crippen molar-refractivity contribution in [3.05, 3.63) is 29.6 Å². The van der Waals surface area contributed by atoms with Gasteiger partial charge < -0.3 is 10.1 Å². The van der Waals surface area contributed by atoms with Gasteiger partial charge in [0.15, 0.2) is 11.6 Å². The highest BCUT2D eigenvalue weighted by molar-refractivity contribution is 5.83. The van der Waals surface area contributed by atoms with Crippen LogP contribution in [0.4, 0.5) is 17.6 Å². The summed E-state index contributed by atoms with van der Waals surface area (Å²) in [7, 11) is 0. The van der Waals surface area contributed by atoms with Crippen LogP contribution in [-0.4, -0.2) is 24.7 Å². The molecule has 0 spiro atoms. The standard InChI is InChI=1S/C14H17F4NO2/c1-8(2)19-7-11(9(3)20)10-4-5-12(15)13(6-10)21-14(16,17)18/h4-6,8,11,19H,7H2,1-3H3. The lowest BCUT2D eigenvalue weighted by molar-refractivity contribution is -0.275. The van der Waals surface area contributed by atoms with Gasteiger partial charge in [-0.05, 0) is 24.6 Å². The van der Waals surface area contributed by atoms with E-state index >= 15 is 0 Å². The Morgan fingerprint density at radius 2 is 1.95 bits per heavy atom. The summed E-state index contributed by atoms with van der Waals surface area (Å²) in [4.78, 5) is 11.6. The predicted octanol–water partition coefficient (Wildman–Crippen LogP) is 3.39. The molecule has 0 aromatic heterocycles. The first-order valence-electron chi connectivity index (χ1n) is 6.39. The second-order valence-corrected chi connectivity index (χ2v) is 4.96. The lowest BCUT2D eigenvalue weighted by Gasteiger charge is -2.18. The molecule has 1 rings (SSSR count). The molecule has 118 valence electrons. The number of rotatable bonds is 6. The fraction of sp³-hybridized carbons (Fsp3) is 0.500. The zero-order valence-electron chi connectivity index (χ0n) is 11.9. The minimum Gasteiger partial charge on any atom is -0.403 e. The van der Waals surface area contributed by atoms with Crippen LogP contribution in [0.2, 0.25) is 0 Å². The van der Waals surface area contributed by atoms with Crippen molar-refractivity contribution >= 4 is 5.78 Å². The number of alkyl halides is 3. The molecule has 1 unspecified atom stereocenters. The van der Waals surface area contributed by atoms with E-state index in [0.29, 0.717) is 0 Å². The van der Waals surface area contributed by atoms with Crippen molar-refractivity contribution in [3.63, 3.8) is 0 Å². The second-order valence-electron chi connectivity index (χ2n) is 4.96. The van der Waals surface area contributed by atoms with E-state index in [2.05, 4.69) is 10.1 Å². The van der Waals surface area contributed by atoms with Gasteiger partial charge in [0.25, 0.3) is 0 Å². The summed E-state index contributed by atoms with van der Waals surface area (Å²) in [5, 5.41) is 3.03. The Labute approximate surface area is 120 Å².